The first kappa shape index (κ1) is 18.6. The van der Waals surface area contributed by atoms with Gasteiger partial charge in [0, 0.05) is 18.7 Å². The van der Waals surface area contributed by atoms with Crippen LogP contribution in [0.15, 0.2) is 33.7 Å². The Morgan fingerprint density at radius 2 is 1.59 bits per heavy atom. The normalized spacial score (nSPS) is 21.2. The lowest BCUT2D eigenvalue weighted by Gasteiger charge is -2.19. The molecule has 7 nitrogen and oxygen atoms in total. The smallest absolute Gasteiger partial charge is 0.257 e. The van der Waals surface area contributed by atoms with E-state index in [1.54, 1.807) is 28.6 Å². The molecule has 8 heteroatoms. The number of sulfonamides is 1. The Bertz CT molecular complexity index is 878. The van der Waals surface area contributed by atoms with E-state index in [1.807, 2.05) is 0 Å². The average molecular weight is 391 g/mol. The fourth-order valence-corrected chi connectivity index (χ4v) is 5.49. The highest BCUT2D eigenvalue weighted by molar-refractivity contribution is 7.89. The molecule has 1 aromatic carbocycles. The Kier molecular flexibility index (Phi) is 5.05. The van der Waals surface area contributed by atoms with Gasteiger partial charge in [0.15, 0.2) is 5.82 Å². The van der Waals surface area contributed by atoms with Gasteiger partial charge < -0.3 is 10.3 Å². The first-order valence-corrected chi connectivity index (χ1v) is 11.2. The third-order valence-electron chi connectivity index (χ3n) is 5.67. The summed E-state index contributed by atoms with van der Waals surface area (Å²) in [6.45, 7) is 1.19. The molecule has 0 bridgehead atoms. The second-order valence-corrected chi connectivity index (χ2v) is 9.57. The molecule has 1 aromatic heterocycles. The molecule has 0 amide bonds. The molecule has 0 atom stereocenters. The van der Waals surface area contributed by atoms with Crippen molar-refractivity contribution < 1.29 is 12.9 Å². The minimum absolute atomic E-state index is 0.305. The molecule has 2 aliphatic rings. The van der Waals surface area contributed by atoms with Gasteiger partial charge in [-0.2, -0.15) is 9.29 Å². The molecule has 0 unspecified atom stereocenters. The molecule has 2 aromatic rings. The lowest BCUT2D eigenvalue weighted by atomic mass is 9.99. The third-order valence-corrected chi connectivity index (χ3v) is 7.58. The van der Waals surface area contributed by atoms with E-state index in [4.69, 9.17) is 10.3 Å². The molecular formula is C19H26N4O3S. The molecule has 2 N–H and O–H groups in total. The van der Waals surface area contributed by atoms with Crippen molar-refractivity contribution in [3.05, 3.63) is 30.1 Å². The lowest BCUT2D eigenvalue weighted by Crippen LogP contribution is -2.34. The molecular weight excluding hydrogens is 364 g/mol. The predicted octanol–water partition coefficient (Wildman–Crippen LogP) is 3.03. The van der Waals surface area contributed by atoms with Crippen LogP contribution in [0.1, 0.15) is 57.2 Å². The molecule has 1 aliphatic heterocycles. The molecule has 146 valence electrons. The topological polar surface area (TPSA) is 102 Å². The number of benzene rings is 1. The fraction of sp³-hybridized carbons (Fsp3) is 0.579. The summed E-state index contributed by atoms with van der Waals surface area (Å²) in [6.07, 6.45) is 7.89. The van der Waals surface area contributed by atoms with Crippen LogP contribution in [0.4, 0.5) is 0 Å². The van der Waals surface area contributed by atoms with Crippen molar-refractivity contribution in [1.82, 2.24) is 14.4 Å². The summed E-state index contributed by atoms with van der Waals surface area (Å²) in [6, 6.07) is 6.68. The second kappa shape index (κ2) is 7.33. The Hall–Kier alpha value is -1.77. The zero-order valence-corrected chi connectivity index (χ0v) is 16.2. The molecule has 27 heavy (non-hydrogen) atoms. The van der Waals surface area contributed by atoms with E-state index in [9.17, 15) is 8.42 Å². The summed E-state index contributed by atoms with van der Waals surface area (Å²) in [5.41, 5.74) is 6.58. The van der Waals surface area contributed by atoms with Crippen LogP contribution >= 0.6 is 0 Å². The van der Waals surface area contributed by atoms with Gasteiger partial charge in [-0.05, 0) is 49.9 Å². The molecule has 2 heterocycles. The van der Waals surface area contributed by atoms with Gasteiger partial charge >= 0.3 is 0 Å². The third kappa shape index (κ3) is 3.66. The number of hydrogen-bond donors (Lipinski definition) is 1. The van der Waals surface area contributed by atoms with Crippen LogP contribution in [0, 0.1) is 0 Å². The maximum absolute atomic E-state index is 12.9. The molecule has 1 saturated heterocycles. The summed E-state index contributed by atoms with van der Waals surface area (Å²) in [5.74, 6) is 0.914. The van der Waals surface area contributed by atoms with Crippen LogP contribution in [0.2, 0.25) is 0 Å². The minimum atomic E-state index is -3.46. The maximum Gasteiger partial charge on any atom is 0.257 e. The van der Waals surface area contributed by atoms with Gasteiger partial charge in [0.05, 0.1) is 10.4 Å². The monoisotopic (exact) mass is 390 g/mol. The lowest BCUT2D eigenvalue weighted by molar-refractivity contribution is 0.372. The van der Waals surface area contributed by atoms with Crippen molar-refractivity contribution in [1.29, 1.82) is 0 Å². The van der Waals surface area contributed by atoms with Gasteiger partial charge in [0.1, 0.15) is 0 Å². The summed E-state index contributed by atoms with van der Waals surface area (Å²) < 4.78 is 32.7. The molecule has 0 radical (unpaired) electrons. The number of rotatable bonds is 4. The van der Waals surface area contributed by atoms with Crippen LogP contribution in [-0.2, 0) is 15.6 Å². The Morgan fingerprint density at radius 3 is 2.22 bits per heavy atom. The van der Waals surface area contributed by atoms with Crippen molar-refractivity contribution in [3.8, 4) is 11.5 Å². The van der Waals surface area contributed by atoms with Crippen LogP contribution in [-0.4, -0.2) is 36.0 Å². The van der Waals surface area contributed by atoms with Crippen molar-refractivity contribution in [2.24, 2.45) is 5.73 Å². The number of aromatic nitrogens is 2. The van der Waals surface area contributed by atoms with Crippen molar-refractivity contribution in [3.63, 3.8) is 0 Å². The summed E-state index contributed by atoms with van der Waals surface area (Å²) in [7, 11) is -3.46. The van der Waals surface area contributed by atoms with Gasteiger partial charge in [0.25, 0.3) is 5.89 Å². The van der Waals surface area contributed by atoms with Crippen LogP contribution in [0.3, 0.4) is 0 Å². The Morgan fingerprint density at radius 1 is 0.963 bits per heavy atom. The van der Waals surface area contributed by atoms with Gasteiger partial charge in [-0.1, -0.05) is 30.8 Å². The van der Waals surface area contributed by atoms with E-state index in [1.165, 1.54) is 0 Å². The van der Waals surface area contributed by atoms with E-state index in [0.717, 1.165) is 51.4 Å². The van der Waals surface area contributed by atoms with E-state index >= 15 is 0 Å². The molecule has 2 fully saturated rings. The van der Waals surface area contributed by atoms with Gasteiger partial charge in [-0.3, -0.25) is 0 Å². The number of hydrogen-bond acceptors (Lipinski definition) is 6. The highest BCUT2D eigenvalue weighted by Gasteiger charge is 2.36. The average Bonchev–Trinajstić information content (AvgIpc) is 3.25. The van der Waals surface area contributed by atoms with Crippen LogP contribution in [0.25, 0.3) is 11.5 Å². The first-order chi connectivity index (χ1) is 13.0. The quantitative estimate of drug-likeness (QED) is 0.861. The zero-order valence-electron chi connectivity index (χ0n) is 15.4. The Labute approximate surface area is 160 Å². The molecule has 1 aliphatic carbocycles. The zero-order chi connectivity index (χ0) is 18.9. The molecule has 0 spiro atoms. The summed E-state index contributed by atoms with van der Waals surface area (Å²) in [5, 5.41) is 4.06. The fourth-order valence-electron chi connectivity index (χ4n) is 3.97. The second-order valence-electron chi connectivity index (χ2n) is 7.63. The molecule has 4 rings (SSSR count). The van der Waals surface area contributed by atoms with E-state index < -0.39 is 15.6 Å². The van der Waals surface area contributed by atoms with Crippen molar-refractivity contribution in [2.45, 2.75) is 61.8 Å². The van der Waals surface area contributed by atoms with Gasteiger partial charge in [0.2, 0.25) is 10.0 Å². The van der Waals surface area contributed by atoms with E-state index in [0.29, 0.717) is 35.3 Å². The van der Waals surface area contributed by atoms with E-state index in [-0.39, 0.29) is 0 Å². The molecule has 1 saturated carbocycles. The van der Waals surface area contributed by atoms with Crippen LogP contribution in [0.5, 0.6) is 0 Å². The largest absolute Gasteiger partial charge is 0.334 e. The highest BCUT2D eigenvalue weighted by atomic mass is 32.2. The summed E-state index contributed by atoms with van der Waals surface area (Å²) >= 11 is 0. The minimum Gasteiger partial charge on any atom is -0.334 e. The van der Waals surface area contributed by atoms with Crippen molar-refractivity contribution >= 4 is 10.0 Å². The van der Waals surface area contributed by atoms with Gasteiger partial charge in [-0.25, -0.2) is 8.42 Å². The first-order valence-electron chi connectivity index (χ1n) is 9.73. The van der Waals surface area contributed by atoms with E-state index in [2.05, 4.69) is 10.1 Å². The number of nitrogens with two attached hydrogens (primary N) is 1. The van der Waals surface area contributed by atoms with Crippen LogP contribution < -0.4 is 5.73 Å². The maximum atomic E-state index is 12.9. The highest BCUT2D eigenvalue weighted by Crippen LogP contribution is 2.35. The SMILES string of the molecule is NC1(c2noc(-c3ccc(S(=O)(=O)N4CCCCCC4)cc3)n2)CCCC1. The van der Waals surface area contributed by atoms with Crippen molar-refractivity contribution in [2.75, 3.05) is 13.1 Å². The predicted molar refractivity (Wildman–Crippen MR) is 101 cm³/mol. The Balaban J connectivity index is 1.55. The standard InChI is InChI=1S/C19H26N4O3S/c20-19(11-3-4-12-19)18-21-17(26-22-18)15-7-9-16(10-8-15)27(24,25)23-13-5-1-2-6-14-23/h7-10H,1-6,11-14,20H2. The van der Waals surface area contributed by atoms with Gasteiger partial charge in [-0.15, -0.1) is 0 Å². The summed E-state index contributed by atoms with van der Waals surface area (Å²) in [4.78, 5) is 4.77. The number of nitrogens with zero attached hydrogens (tertiary/aromatic N) is 3.